The van der Waals surface area contributed by atoms with Crippen LogP contribution in [-0.4, -0.2) is 25.5 Å². The van der Waals surface area contributed by atoms with Crippen molar-refractivity contribution in [2.45, 2.75) is 13.5 Å². The Labute approximate surface area is 130 Å². The van der Waals surface area contributed by atoms with E-state index in [1.54, 1.807) is 24.5 Å². The van der Waals surface area contributed by atoms with Crippen LogP contribution in [0.4, 0.5) is 8.78 Å². The third-order valence-corrected chi connectivity index (χ3v) is 3.19. The normalized spacial score (nSPS) is 10.7. The molecule has 8 heteroatoms. The number of carbonyl (C=O) groups is 1. The van der Waals surface area contributed by atoms with Gasteiger partial charge in [-0.15, -0.1) is 5.10 Å². The number of benzene rings is 1. The van der Waals surface area contributed by atoms with Crippen molar-refractivity contribution in [1.82, 2.24) is 24.9 Å². The molecule has 0 aliphatic rings. The summed E-state index contributed by atoms with van der Waals surface area (Å²) in [6, 6.07) is 5.71. The molecule has 2 heterocycles. The average molecular weight is 317 g/mol. The van der Waals surface area contributed by atoms with Gasteiger partial charge in [-0.1, -0.05) is 5.21 Å². The van der Waals surface area contributed by atoms with E-state index >= 15 is 0 Å². The van der Waals surface area contributed by atoms with E-state index in [9.17, 15) is 13.6 Å². The Morgan fingerprint density at radius 1 is 1.22 bits per heavy atom. The molecule has 0 fully saturated rings. The highest BCUT2D eigenvalue weighted by atomic mass is 19.1. The number of hydrogen-bond donors (Lipinski definition) is 1. The molecule has 118 valence electrons. The van der Waals surface area contributed by atoms with Gasteiger partial charge in [0.1, 0.15) is 11.4 Å². The third kappa shape index (κ3) is 3.10. The minimum atomic E-state index is -0.713. The van der Waals surface area contributed by atoms with Crippen LogP contribution < -0.4 is 5.32 Å². The largest absolute Gasteiger partial charge is 0.351 e. The van der Waals surface area contributed by atoms with Gasteiger partial charge in [0.15, 0.2) is 11.6 Å². The maximum absolute atomic E-state index is 14.2. The van der Waals surface area contributed by atoms with E-state index < -0.39 is 11.6 Å². The predicted molar refractivity (Wildman–Crippen MR) is 78.1 cm³/mol. The summed E-state index contributed by atoms with van der Waals surface area (Å²) in [5.41, 5.74) is 0.533. The molecule has 3 aromatic rings. The second-order valence-electron chi connectivity index (χ2n) is 4.91. The van der Waals surface area contributed by atoms with Crippen LogP contribution >= 0.6 is 0 Å². The minimum Gasteiger partial charge on any atom is -0.351 e. The van der Waals surface area contributed by atoms with E-state index in [-0.39, 0.29) is 23.8 Å². The third-order valence-electron chi connectivity index (χ3n) is 3.19. The van der Waals surface area contributed by atoms with Gasteiger partial charge in [0.25, 0.3) is 0 Å². The van der Waals surface area contributed by atoms with Crippen molar-refractivity contribution < 1.29 is 13.6 Å². The standard InChI is InChI=1S/C15H13F2N5O/c1-10(23)18-8-11-9-22(20-19-11)12-6-13(16)15(14(17)7-12)21-4-2-3-5-21/h2-7,9H,8H2,1H3,(H,18,23). The lowest BCUT2D eigenvalue weighted by Crippen LogP contribution is -2.19. The van der Waals surface area contributed by atoms with Gasteiger partial charge >= 0.3 is 0 Å². The summed E-state index contributed by atoms with van der Waals surface area (Å²) in [4.78, 5) is 10.9. The van der Waals surface area contributed by atoms with Gasteiger partial charge in [-0.3, -0.25) is 4.79 Å². The second kappa shape index (κ2) is 5.99. The predicted octanol–water partition coefficient (Wildman–Crippen LogP) is 1.97. The van der Waals surface area contributed by atoms with Crippen LogP contribution in [0.25, 0.3) is 11.4 Å². The molecule has 1 N–H and O–H groups in total. The first kappa shape index (κ1) is 14.9. The van der Waals surface area contributed by atoms with Gasteiger partial charge in [0.05, 0.1) is 18.4 Å². The Bertz CT molecular complexity index is 818. The summed E-state index contributed by atoms with van der Waals surface area (Å²) in [7, 11) is 0. The van der Waals surface area contributed by atoms with Crippen LogP contribution in [0.3, 0.4) is 0 Å². The van der Waals surface area contributed by atoms with E-state index in [2.05, 4.69) is 15.6 Å². The van der Waals surface area contributed by atoms with Gasteiger partial charge in [-0.05, 0) is 12.1 Å². The molecule has 0 bridgehead atoms. The Kier molecular flexibility index (Phi) is 3.88. The average Bonchev–Trinajstić information content (AvgIpc) is 3.16. The molecule has 3 rings (SSSR count). The number of nitrogens with zero attached hydrogens (tertiary/aromatic N) is 4. The van der Waals surface area contributed by atoms with Crippen LogP contribution in [-0.2, 0) is 11.3 Å². The van der Waals surface area contributed by atoms with E-state index in [0.29, 0.717) is 5.69 Å². The molecule has 0 radical (unpaired) electrons. The van der Waals surface area contributed by atoms with Crippen molar-refractivity contribution in [3.63, 3.8) is 0 Å². The van der Waals surface area contributed by atoms with Crippen LogP contribution in [0.2, 0.25) is 0 Å². The Hall–Kier alpha value is -3.03. The summed E-state index contributed by atoms with van der Waals surface area (Å²) in [6.07, 6.45) is 4.61. The lowest BCUT2D eigenvalue weighted by Gasteiger charge is -2.08. The summed E-state index contributed by atoms with van der Waals surface area (Å²) in [5.74, 6) is -1.63. The molecule has 0 unspecified atom stereocenters. The minimum absolute atomic E-state index is 0.155. The smallest absolute Gasteiger partial charge is 0.217 e. The fourth-order valence-corrected chi connectivity index (χ4v) is 2.14. The lowest BCUT2D eigenvalue weighted by atomic mass is 10.2. The molecule has 0 spiro atoms. The molecule has 1 aromatic carbocycles. The van der Waals surface area contributed by atoms with Crippen LogP contribution in [0.1, 0.15) is 12.6 Å². The number of hydrogen-bond acceptors (Lipinski definition) is 3. The maximum atomic E-state index is 14.2. The summed E-state index contributed by atoms with van der Waals surface area (Å²) in [5, 5.41) is 10.2. The highest BCUT2D eigenvalue weighted by molar-refractivity contribution is 5.72. The lowest BCUT2D eigenvalue weighted by molar-refractivity contribution is -0.119. The van der Waals surface area contributed by atoms with Gasteiger partial charge < -0.3 is 9.88 Å². The number of rotatable bonds is 4. The monoisotopic (exact) mass is 317 g/mol. The number of aromatic nitrogens is 4. The first-order chi connectivity index (χ1) is 11.0. The van der Waals surface area contributed by atoms with Crippen molar-refractivity contribution in [3.05, 3.63) is 60.2 Å². The van der Waals surface area contributed by atoms with Gasteiger partial charge in [-0.25, -0.2) is 13.5 Å². The zero-order chi connectivity index (χ0) is 16.4. The maximum Gasteiger partial charge on any atom is 0.217 e. The Morgan fingerprint density at radius 2 is 1.87 bits per heavy atom. The molecular weight excluding hydrogens is 304 g/mol. The number of halogens is 2. The highest BCUT2D eigenvalue weighted by Crippen LogP contribution is 2.21. The van der Waals surface area contributed by atoms with E-state index in [4.69, 9.17) is 0 Å². The molecule has 0 atom stereocenters. The van der Waals surface area contributed by atoms with E-state index in [0.717, 1.165) is 0 Å². The van der Waals surface area contributed by atoms with Gasteiger partial charge in [-0.2, -0.15) is 0 Å². The van der Waals surface area contributed by atoms with Crippen molar-refractivity contribution in [2.24, 2.45) is 0 Å². The summed E-state index contributed by atoms with van der Waals surface area (Å²) < 4.78 is 31.1. The number of amides is 1. The molecule has 0 saturated heterocycles. The summed E-state index contributed by atoms with van der Waals surface area (Å²) in [6.45, 7) is 1.58. The van der Waals surface area contributed by atoms with Crippen molar-refractivity contribution in [2.75, 3.05) is 0 Å². The summed E-state index contributed by atoms with van der Waals surface area (Å²) >= 11 is 0. The molecule has 0 aliphatic heterocycles. The van der Waals surface area contributed by atoms with E-state index in [1.165, 1.54) is 34.5 Å². The van der Waals surface area contributed by atoms with Crippen LogP contribution in [0.15, 0.2) is 42.9 Å². The van der Waals surface area contributed by atoms with Crippen LogP contribution in [0.5, 0.6) is 0 Å². The van der Waals surface area contributed by atoms with Crippen molar-refractivity contribution in [3.8, 4) is 11.4 Å². The van der Waals surface area contributed by atoms with Crippen molar-refractivity contribution in [1.29, 1.82) is 0 Å². The second-order valence-corrected chi connectivity index (χ2v) is 4.91. The quantitative estimate of drug-likeness (QED) is 0.800. The van der Waals surface area contributed by atoms with Gasteiger partial charge in [0.2, 0.25) is 5.91 Å². The molecule has 0 aliphatic carbocycles. The molecule has 0 saturated carbocycles. The van der Waals surface area contributed by atoms with Crippen molar-refractivity contribution >= 4 is 5.91 Å². The zero-order valence-electron chi connectivity index (χ0n) is 12.2. The zero-order valence-corrected chi connectivity index (χ0v) is 12.2. The van der Waals surface area contributed by atoms with Crippen LogP contribution in [0, 0.1) is 11.6 Å². The Balaban J connectivity index is 1.91. The molecule has 1 amide bonds. The van der Waals surface area contributed by atoms with E-state index in [1.807, 2.05) is 0 Å². The Morgan fingerprint density at radius 3 is 2.48 bits per heavy atom. The van der Waals surface area contributed by atoms with Gasteiger partial charge in [0, 0.05) is 31.5 Å². The fourth-order valence-electron chi connectivity index (χ4n) is 2.14. The first-order valence-corrected chi connectivity index (χ1v) is 6.83. The number of nitrogens with one attached hydrogen (secondary N) is 1. The molecular formula is C15H13F2N5O. The first-order valence-electron chi connectivity index (χ1n) is 6.83. The SMILES string of the molecule is CC(=O)NCc1cn(-c2cc(F)c(-n3cccc3)c(F)c2)nn1. The molecule has 6 nitrogen and oxygen atoms in total. The topological polar surface area (TPSA) is 64.7 Å². The molecule has 2 aromatic heterocycles. The fraction of sp³-hybridized carbons (Fsp3) is 0.133. The molecule has 23 heavy (non-hydrogen) atoms. The highest BCUT2D eigenvalue weighted by Gasteiger charge is 2.14. The number of carbonyl (C=O) groups excluding carboxylic acids is 1.